The first-order valence-electron chi connectivity index (χ1n) is 7.44. The summed E-state index contributed by atoms with van der Waals surface area (Å²) in [5, 5.41) is 0. The Bertz CT molecular complexity index is 348. The van der Waals surface area contributed by atoms with E-state index >= 15 is 0 Å². The van der Waals surface area contributed by atoms with Crippen molar-refractivity contribution in [1.82, 2.24) is 4.90 Å². The summed E-state index contributed by atoms with van der Waals surface area (Å²) < 4.78 is 10.5. The molecule has 0 aromatic carbocycles. The zero-order valence-corrected chi connectivity index (χ0v) is 13.3. The van der Waals surface area contributed by atoms with E-state index in [1.54, 1.807) is 11.8 Å². The second-order valence-electron chi connectivity index (χ2n) is 6.22. The maximum Gasteiger partial charge on any atom is 0.410 e. The van der Waals surface area contributed by atoms with Gasteiger partial charge in [-0.25, -0.2) is 4.79 Å². The van der Waals surface area contributed by atoms with E-state index in [2.05, 4.69) is 0 Å². The largest absolute Gasteiger partial charge is 0.466 e. The molecule has 1 heterocycles. The lowest BCUT2D eigenvalue weighted by molar-refractivity contribution is -0.150. The van der Waals surface area contributed by atoms with Gasteiger partial charge in [0.05, 0.1) is 12.5 Å². The highest BCUT2D eigenvalue weighted by Crippen LogP contribution is 2.26. The van der Waals surface area contributed by atoms with Crippen LogP contribution in [0.1, 0.15) is 53.9 Å². The topological polar surface area (TPSA) is 55.8 Å². The average Bonchev–Trinajstić information content (AvgIpc) is 2.36. The third-order valence-corrected chi connectivity index (χ3v) is 3.43. The van der Waals surface area contributed by atoms with Crippen molar-refractivity contribution in [2.24, 2.45) is 5.92 Å². The minimum absolute atomic E-state index is 0.149. The van der Waals surface area contributed by atoms with E-state index < -0.39 is 5.60 Å². The van der Waals surface area contributed by atoms with Gasteiger partial charge in [-0.15, -0.1) is 0 Å². The molecule has 5 nitrogen and oxygen atoms in total. The van der Waals surface area contributed by atoms with Crippen molar-refractivity contribution in [1.29, 1.82) is 0 Å². The van der Waals surface area contributed by atoms with Crippen LogP contribution in [-0.4, -0.2) is 41.8 Å². The molecule has 2 unspecified atom stereocenters. The summed E-state index contributed by atoms with van der Waals surface area (Å²) in [4.78, 5) is 25.8. The predicted octanol–water partition coefficient (Wildman–Crippen LogP) is 2.98. The number of hydrogen-bond acceptors (Lipinski definition) is 4. The number of carbonyl (C=O) groups is 2. The molecule has 1 aliphatic heterocycles. The summed E-state index contributed by atoms with van der Waals surface area (Å²) >= 11 is 0. The first-order chi connectivity index (χ1) is 9.28. The Kier molecular flexibility index (Phi) is 5.84. The maximum atomic E-state index is 12.3. The molecule has 0 spiro atoms. The van der Waals surface area contributed by atoms with Gasteiger partial charge < -0.3 is 14.4 Å². The van der Waals surface area contributed by atoms with Crippen LogP contribution in [0.5, 0.6) is 0 Å². The quantitative estimate of drug-likeness (QED) is 0.748. The minimum Gasteiger partial charge on any atom is -0.466 e. The van der Waals surface area contributed by atoms with E-state index in [0.29, 0.717) is 13.2 Å². The molecule has 0 N–H and O–H groups in total. The molecule has 2 atom stereocenters. The molecule has 116 valence electrons. The number of esters is 1. The van der Waals surface area contributed by atoms with Crippen LogP contribution < -0.4 is 0 Å². The summed E-state index contributed by atoms with van der Waals surface area (Å²) in [6, 6.07) is 0.149. The second kappa shape index (κ2) is 6.95. The van der Waals surface area contributed by atoms with Crippen molar-refractivity contribution >= 4 is 12.1 Å². The highest BCUT2D eigenvalue weighted by Gasteiger charge is 2.36. The molecular weight excluding hydrogens is 258 g/mol. The number of nitrogens with zero attached hydrogens (tertiary/aromatic N) is 1. The fourth-order valence-electron chi connectivity index (χ4n) is 2.45. The van der Waals surface area contributed by atoms with Crippen molar-refractivity contribution in [3.05, 3.63) is 0 Å². The zero-order chi connectivity index (χ0) is 15.3. The van der Waals surface area contributed by atoms with Crippen molar-refractivity contribution in [3.63, 3.8) is 0 Å². The molecule has 0 saturated carbocycles. The standard InChI is InChI=1S/C15H27NO4/c1-6-12-9-8-11(13(17)19-7-2)10-16(12)14(18)20-15(3,4)5/h11-12H,6-10H2,1-5H3. The van der Waals surface area contributed by atoms with E-state index in [1.807, 2.05) is 27.7 Å². The summed E-state index contributed by atoms with van der Waals surface area (Å²) in [5.74, 6) is -0.444. The van der Waals surface area contributed by atoms with Crippen LogP contribution in [0.3, 0.4) is 0 Å². The van der Waals surface area contributed by atoms with Gasteiger partial charge in [0.15, 0.2) is 0 Å². The SMILES string of the molecule is CCOC(=O)C1CCC(CC)N(C(=O)OC(C)(C)C)C1. The zero-order valence-electron chi connectivity index (χ0n) is 13.3. The Morgan fingerprint density at radius 2 is 1.85 bits per heavy atom. The van der Waals surface area contributed by atoms with Crippen LogP contribution >= 0.6 is 0 Å². The van der Waals surface area contributed by atoms with Gasteiger partial charge in [-0.05, 0) is 47.0 Å². The minimum atomic E-state index is -0.522. The number of likely N-dealkylation sites (tertiary alicyclic amines) is 1. The van der Waals surface area contributed by atoms with Crippen molar-refractivity contribution in [3.8, 4) is 0 Å². The second-order valence-corrected chi connectivity index (χ2v) is 6.22. The first kappa shape index (κ1) is 16.8. The van der Waals surface area contributed by atoms with Crippen LogP contribution in [0.25, 0.3) is 0 Å². The van der Waals surface area contributed by atoms with Gasteiger partial charge in [0.25, 0.3) is 0 Å². The lowest BCUT2D eigenvalue weighted by atomic mass is 9.92. The molecular formula is C15H27NO4. The molecule has 1 amide bonds. The van der Waals surface area contributed by atoms with Crippen LogP contribution in [0.4, 0.5) is 4.79 Å². The van der Waals surface area contributed by atoms with Crippen LogP contribution in [-0.2, 0) is 14.3 Å². The van der Waals surface area contributed by atoms with E-state index in [0.717, 1.165) is 19.3 Å². The molecule has 1 saturated heterocycles. The van der Waals surface area contributed by atoms with Gasteiger partial charge in [0.2, 0.25) is 0 Å². The molecule has 5 heteroatoms. The number of rotatable bonds is 3. The fourth-order valence-corrected chi connectivity index (χ4v) is 2.45. The Morgan fingerprint density at radius 3 is 2.35 bits per heavy atom. The van der Waals surface area contributed by atoms with Crippen molar-refractivity contribution in [2.75, 3.05) is 13.2 Å². The molecule has 1 rings (SSSR count). The van der Waals surface area contributed by atoms with Crippen molar-refractivity contribution in [2.45, 2.75) is 65.5 Å². The normalized spacial score (nSPS) is 23.4. The molecule has 20 heavy (non-hydrogen) atoms. The number of carbonyl (C=O) groups excluding carboxylic acids is 2. The number of piperidine rings is 1. The molecule has 0 aromatic heterocycles. The third-order valence-electron chi connectivity index (χ3n) is 3.43. The van der Waals surface area contributed by atoms with Gasteiger partial charge in [0, 0.05) is 12.6 Å². The van der Waals surface area contributed by atoms with Gasteiger partial charge in [-0.2, -0.15) is 0 Å². The van der Waals surface area contributed by atoms with E-state index in [4.69, 9.17) is 9.47 Å². The number of ether oxygens (including phenoxy) is 2. The highest BCUT2D eigenvalue weighted by molar-refractivity contribution is 5.75. The Morgan fingerprint density at radius 1 is 1.20 bits per heavy atom. The summed E-state index contributed by atoms with van der Waals surface area (Å²) in [6.07, 6.45) is 2.13. The van der Waals surface area contributed by atoms with E-state index in [-0.39, 0.29) is 24.0 Å². The van der Waals surface area contributed by atoms with E-state index in [9.17, 15) is 9.59 Å². The molecule has 0 aliphatic carbocycles. The average molecular weight is 285 g/mol. The summed E-state index contributed by atoms with van der Waals surface area (Å²) in [7, 11) is 0. The maximum absolute atomic E-state index is 12.3. The first-order valence-corrected chi connectivity index (χ1v) is 7.44. The lowest BCUT2D eigenvalue weighted by Crippen LogP contribution is -2.50. The van der Waals surface area contributed by atoms with E-state index in [1.165, 1.54) is 0 Å². The Hall–Kier alpha value is -1.26. The molecule has 1 fully saturated rings. The monoisotopic (exact) mass is 285 g/mol. The van der Waals surface area contributed by atoms with Gasteiger partial charge in [0.1, 0.15) is 5.60 Å². The van der Waals surface area contributed by atoms with Crippen molar-refractivity contribution < 1.29 is 19.1 Å². The molecule has 0 radical (unpaired) electrons. The lowest BCUT2D eigenvalue weighted by Gasteiger charge is -2.39. The van der Waals surface area contributed by atoms with Crippen LogP contribution in [0, 0.1) is 5.92 Å². The third kappa shape index (κ3) is 4.69. The number of hydrogen-bond donors (Lipinski definition) is 0. The van der Waals surface area contributed by atoms with Crippen LogP contribution in [0.15, 0.2) is 0 Å². The molecule has 0 bridgehead atoms. The fraction of sp³-hybridized carbons (Fsp3) is 0.867. The molecule has 1 aliphatic rings. The summed E-state index contributed by atoms with van der Waals surface area (Å²) in [5.41, 5.74) is -0.522. The summed E-state index contributed by atoms with van der Waals surface area (Å²) in [6.45, 7) is 10.1. The smallest absolute Gasteiger partial charge is 0.410 e. The van der Waals surface area contributed by atoms with Gasteiger partial charge >= 0.3 is 12.1 Å². The predicted molar refractivity (Wildman–Crippen MR) is 76.4 cm³/mol. The van der Waals surface area contributed by atoms with Gasteiger partial charge in [-0.1, -0.05) is 6.92 Å². The van der Waals surface area contributed by atoms with Crippen LogP contribution in [0.2, 0.25) is 0 Å². The highest BCUT2D eigenvalue weighted by atomic mass is 16.6. The Balaban J connectivity index is 2.73. The number of amides is 1. The van der Waals surface area contributed by atoms with Gasteiger partial charge in [-0.3, -0.25) is 4.79 Å². The molecule has 0 aromatic rings. The Labute approximate surface area is 121 Å².